The molecule has 160 valence electrons. The first-order valence-corrected chi connectivity index (χ1v) is 10.5. The summed E-state index contributed by atoms with van der Waals surface area (Å²) in [6.45, 7) is 7.06. The van der Waals surface area contributed by atoms with E-state index in [4.69, 9.17) is 9.41 Å². The summed E-state index contributed by atoms with van der Waals surface area (Å²) in [7, 11) is 0. The predicted octanol–water partition coefficient (Wildman–Crippen LogP) is 4.09. The summed E-state index contributed by atoms with van der Waals surface area (Å²) in [5.41, 5.74) is 1.28. The van der Waals surface area contributed by atoms with Crippen molar-refractivity contribution in [3.63, 3.8) is 0 Å². The molecule has 3 rings (SSSR count). The van der Waals surface area contributed by atoms with E-state index in [0.29, 0.717) is 5.92 Å². The van der Waals surface area contributed by atoms with E-state index in [0.717, 1.165) is 57.3 Å². The zero-order chi connectivity index (χ0) is 19.4. The predicted molar refractivity (Wildman–Crippen MR) is 130 cm³/mol. The molecule has 29 heavy (non-hydrogen) atoms. The highest BCUT2D eigenvalue weighted by molar-refractivity contribution is 14.0. The lowest BCUT2D eigenvalue weighted by molar-refractivity contribution is 0.414. The molecule has 0 amide bonds. The van der Waals surface area contributed by atoms with Crippen molar-refractivity contribution >= 4 is 35.6 Å². The number of hydrogen-bond acceptors (Lipinski definition) is 4. The molecule has 2 N–H and O–H groups in total. The molecule has 6 nitrogen and oxygen atoms in total. The number of rotatable bonds is 9. The van der Waals surface area contributed by atoms with Gasteiger partial charge in [-0.25, -0.2) is 0 Å². The summed E-state index contributed by atoms with van der Waals surface area (Å²) in [6.07, 6.45) is 11.0. The molecule has 0 saturated carbocycles. The first-order valence-electron chi connectivity index (χ1n) is 10.5. The number of piperidine rings is 1. The van der Waals surface area contributed by atoms with E-state index in [9.17, 15) is 0 Å². The molecule has 0 aliphatic carbocycles. The normalized spacial score (nSPS) is 15.1. The van der Waals surface area contributed by atoms with Crippen LogP contribution in [0.1, 0.15) is 38.4 Å². The minimum atomic E-state index is 0. The Labute approximate surface area is 191 Å². The molecule has 3 heterocycles. The van der Waals surface area contributed by atoms with E-state index < -0.39 is 0 Å². The minimum absolute atomic E-state index is 0. The molecule has 7 heteroatoms. The average Bonchev–Trinajstić information content (AvgIpc) is 3.26. The maximum Gasteiger partial charge on any atom is 0.191 e. The van der Waals surface area contributed by atoms with Crippen molar-refractivity contribution in [3.05, 3.63) is 48.7 Å². The molecule has 0 spiro atoms. The van der Waals surface area contributed by atoms with E-state index >= 15 is 0 Å². The Morgan fingerprint density at radius 3 is 2.62 bits per heavy atom. The van der Waals surface area contributed by atoms with Crippen LogP contribution in [0.3, 0.4) is 0 Å². The Balaban J connectivity index is 0.00000300. The van der Waals surface area contributed by atoms with Gasteiger partial charge >= 0.3 is 0 Å². The second-order valence-electron chi connectivity index (χ2n) is 7.36. The van der Waals surface area contributed by atoms with Gasteiger partial charge in [0.25, 0.3) is 0 Å². The summed E-state index contributed by atoms with van der Waals surface area (Å²) in [5, 5.41) is 6.92. The Hall–Kier alpha value is -1.77. The molecule has 0 bridgehead atoms. The van der Waals surface area contributed by atoms with Gasteiger partial charge in [-0.05, 0) is 49.4 Å². The number of pyridine rings is 1. The Morgan fingerprint density at radius 2 is 1.93 bits per heavy atom. The summed E-state index contributed by atoms with van der Waals surface area (Å²) in [5.74, 6) is 2.58. The van der Waals surface area contributed by atoms with E-state index in [-0.39, 0.29) is 24.0 Å². The number of aromatic nitrogens is 1. The SMILES string of the molecule is CCCCNC(=NCC1CCN(c2ccncc2)CC1)NCCc1ccco1.I. The number of halogens is 1. The number of guanidine groups is 1. The van der Waals surface area contributed by atoms with E-state index in [1.54, 1.807) is 6.26 Å². The van der Waals surface area contributed by atoms with Gasteiger partial charge in [0.1, 0.15) is 5.76 Å². The minimum Gasteiger partial charge on any atom is -0.469 e. The lowest BCUT2D eigenvalue weighted by Gasteiger charge is -2.33. The highest BCUT2D eigenvalue weighted by Crippen LogP contribution is 2.22. The quantitative estimate of drug-likeness (QED) is 0.230. The fourth-order valence-electron chi connectivity index (χ4n) is 3.47. The van der Waals surface area contributed by atoms with Gasteiger partial charge in [-0.3, -0.25) is 9.98 Å². The van der Waals surface area contributed by atoms with Crippen molar-refractivity contribution in [1.29, 1.82) is 0 Å². The molecule has 1 fully saturated rings. The van der Waals surface area contributed by atoms with Crippen LogP contribution in [0.25, 0.3) is 0 Å². The molecule has 0 aromatic carbocycles. The van der Waals surface area contributed by atoms with Crippen LogP contribution >= 0.6 is 24.0 Å². The van der Waals surface area contributed by atoms with Crippen molar-refractivity contribution in [2.75, 3.05) is 37.6 Å². The fourth-order valence-corrected chi connectivity index (χ4v) is 3.47. The van der Waals surface area contributed by atoms with Gasteiger partial charge in [0.15, 0.2) is 5.96 Å². The summed E-state index contributed by atoms with van der Waals surface area (Å²) < 4.78 is 5.41. The maximum atomic E-state index is 5.41. The first kappa shape index (κ1) is 23.5. The van der Waals surface area contributed by atoms with Crippen molar-refractivity contribution in [3.8, 4) is 0 Å². The smallest absolute Gasteiger partial charge is 0.191 e. The summed E-state index contributed by atoms with van der Waals surface area (Å²) in [6, 6.07) is 8.14. The second-order valence-corrected chi connectivity index (χ2v) is 7.36. The maximum absolute atomic E-state index is 5.41. The highest BCUT2D eigenvalue weighted by atomic mass is 127. The molecular formula is C22H34IN5O. The van der Waals surface area contributed by atoms with Gasteiger partial charge in [-0.1, -0.05) is 13.3 Å². The van der Waals surface area contributed by atoms with Gasteiger partial charge in [-0.2, -0.15) is 0 Å². The number of unbranched alkanes of at least 4 members (excludes halogenated alkanes) is 1. The van der Waals surface area contributed by atoms with Gasteiger partial charge < -0.3 is 20.0 Å². The Kier molecular flexibility index (Phi) is 10.9. The molecular weight excluding hydrogens is 477 g/mol. The number of nitrogens with one attached hydrogen (secondary N) is 2. The van der Waals surface area contributed by atoms with Crippen molar-refractivity contribution in [2.45, 2.75) is 39.0 Å². The van der Waals surface area contributed by atoms with Crippen LogP contribution in [0.2, 0.25) is 0 Å². The molecule has 1 aliphatic heterocycles. The molecule has 0 atom stereocenters. The zero-order valence-electron chi connectivity index (χ0n) is 17.3. The molecule has 1 saturated heterocycles. The van der Waals surface area contributed by atoms with Crippen molar-refractivity contribution < 1.29 is 4.42 Å². The van der Waals surface area contributed by atoms with Gasteiger partial charge in [-0.15, -0.1) is 24.0 Å². The summed E-state index contributed by atoms with van der Waals surface area (Å²) >= 11 is 0. The second kappa shape index (κ2) is 13.5. The van der Waals surface area contributed by atoms with Crippen LogP contribution in [0.15, 0.2) is 52.3 Å². The third-order valence-corrected chi connectivity index (χ3v) is 5.22. The van der Waals surface area contributed by atoms with Gasteiger partial charge in [0, 0.05) is 57.2 Å². The number of nitrogens with zero attached hydrogens (tertiary/aromatic N) is 3. The highest BCUT2D eigenvalue weighted by Gasteiger charge is 2.19. The third-order valence-electron chi connectivity index (χ3n) is 5.22. The van der Waals surface area contributed by atoms with Crippen LogP contribution < -0.4 is 15.5 Å². The molecule has 0 radical (unpaired) electrons. The monoisotopic (exact) mass is 511 g/mol. The van der Waals surface area contributed by atoms with Crippen LogP contribution in [0, 0.1) is 5.92 Å². The molecule has 2 aromatic heterocycles. The fraction of sp³-hybridized carbons (Fsp3) is 0.545. The zero-order valence-corrected chi connectivity index (χ0v) is 19.7. The third kappa shape index (κ3) is 8.24. The van der Waals surface area contributed by atoms with Crippen molar-refractivity contribution in [2.24, 2.45) is 10.9 Å². The summed E-state index contributed by atoms with van der Waals surface area (Å²) in [4.78, 5) is 11.4. The number of anilines is 1. The van der Waals surface area contributed by atoms with Crippen LogP contribution in [-0.4, -0.2) is 43.7 Å². The van der Waals surface area contributed by atoms with Crippen LogP contribution in [0.5, 0.6) is 0 Å². The Bertz CT molecular complexity index is 684. The topological polar surface area (TPSA) is 65.7 Å². The average molecular weight is 511 g/mol. The number of aliphatic imine (C=N–C) groups is 1. The standard InChI is InChI=1S/C22H33N5O.HI/c1-2-3-11-24-22(25-14-8-21-5-4-17-28-21)26-18-19-9-15-27(16-10-19)20-6-12-23-13-7-20;/h4-7,12-13,17,19H,2-3,8-11,14-16,18H2,1H3,(H2,24,25,26);1H. The number of furan rings is 1. The van der Waals surface area contributed by atoms with Gasteiger partial charge in [0.05, 0.1) is 6.26 Å². The number of hydrogen-bond donors (Lipinski definition) is 2. The lowest BCUT2D eigenvalue weighted by Crippen LogP contribution is -2.40. The van der Waals surface area contributed by atoms with Crippen molar-refractivity contribution in [1.82, 2.24) is 15.6 Å². The Morgan fingerprint density at radius 1 is 1.17 bits per heavy atom. The van der Waals surface area contributed by atoms with E-state index in [1.165, 1.54) is 24.9 Å². The molecule has 0 unspecified atom stereocenters. The van der Waals surface area contributed by atoms with Crippen LogP contribution in [-0.2, 0) is 6.42 Å². The molecule has 1 aliphatic rings. The van der Waals surface area contributed by atoms with Crippen LogP contribution in [0.4, 0.5) is 5.69 Å². The van der Waals surface area contributed by atoms with E-state index in [1.807, 2.05) is 24.5 Å². The lowest BCUT2D eigenvalue weighted by atomic mass is 9.97. The largest absolute Gasteiger partial charge is 0.469 e. The molecule has 2 aromatic rings. The van der Waals surface area contributed by atoms with Gasteiger partial charge in [0.2, 0.25) is 0 Å². The van der Waals surface area contributed by atoms with E-state index in [2.05, 4.69) is 39.6 Å². The first-order chi connectivity index (χ1) is 13.8.